The van der Waals surface area contributed by atoms with E-state index in [1.807, 2.05) is 24.3 Å². The number of ether oxygens (including phenoxy) is 4. The Morgan fingerprint density at radius 2 is 0.538 bits per heavy atom. The molecular weight excluding hydrogens is 965 g/mol. The largest absolute Gasteiger partial charge is 0.519 e. The van der Waals surface area contributed by atoms with E-state index in [-0.39, 0.29) is 11.9 Å². The van der Waals surface area contributed by atoms with Crippen LogP contribution in [0.3, 0.4) is 0 Å². The second kappa shape index (κ2) is 38.7. The first-order chi connectivity index (χ1) is 37.0. The lowest BCUT2D eigenvalue weighted by Gasteiger charge is -2.31. The molecule has 78 heavy (non-hydrogen) atoms. The van der Waals surface area contributed by atoms with Gasteiger partial charge in [-0.25, -0.2) is 14.4 Å². The average Bonchev–Trinajstić information content (AvgIpc) is 3.41. The van der Waals surface area contributed by atoms with Crippen molar-refractivity contribution in [2.45, 2.75) is 324 Å². The maximum absolute atomic E-state index is 14.3. The van der Waals surface area contributed by atoms with Crippen molar-refractivity contribution in [1.82, 2.24) is 0 Å². The van der Waals surface area contributed by atoms with Gasteiger partial charge in [0.25, 0.3) is 0 Å². The van der Waals surface area contributed by atoms with E-state index in [0.717, 1.165) is 59.1 Å². The number of hydrogen-bond acceptors (Lipinski definition) is 7. The molecule has 0 aromatic heterocycles. The van der Waals surface area contributed by atoms with E-state index >= 15 is 0 Å². The molecule has 0 fully saturated rings. The van der Waals surface area contributed by atoms with Gasteiger partial charge in [-0.05, 0) is 82.0 Å². The Balaban J connectivity index is 2.02. The molecule has 0 saturated heterocycles. The van der Waals surface area contributed by atoms with Crippen LogP contribution < -0.4 is 9.47 Å². The van der Waals surface area contributed by atoms with Gasteiger partial charge in [0.2, 0.25) is 0 Å². The Morgan fingerprint density at radius 1 is 0.333 bits per heavy atom. The number of hydrogen-bond donors (Lipinski definition) is 0. The molecule has 0 saturated carbocycles. The Bertz CT molecular complexity index is 1810. The summed E-state index contributed by atoms with van der Waals surface area (Å²) in [4.78, 5) is 40.1. The van der Waals surface area contributed by atoms with Crippen molar-refractivity contribution in [3.63, 3.8) is 0 Å². The first-order valence-corrected chi connectivity index (χ1v) is 32.0. The Morgan fingerprint density at radius 3 is 0.744 bits per heavy atom. The lowest BCUT2D eigenvalue weighted by atomic mass is 9.78. The summed E-state index contributed by atoms with van der Waals surface area (Å²) in [6.45, 7) is 30.5. The van der Waals surface area contributed by atoms with Crippen molar-refractivity contribution >= 4 is 30.2 Å². The summed E-state index contributed by atoms with van der Waals surface area (Å²) in [6.07, 6.45) is 47.4. The zero-order chi connectivity index (χ0) is 57.9. The molecule has 0 atom stereocenters. The number of rotatable bonds is 40. The minimum atomic E-state index is -0.830. The van der Waals surface area contributed by atoms with Crippen LogP contribution in [0, 0.1) is 0 Å². The van der Waals surface area contributed by atoms with Crippen molar-refractivity contribution < 1.29 is 33.3 Å². The van der Waals surface area contributed by atoms with Gasteiger partial charge in [-0.15, -0.1) is 0 Å². The Hall–Kier alpha value is -3.87. The Kier molecular flexibility index (Phi) is 34.9. The van der Waals surface area contributed by atoms with Gasteiger partial charge in [-0.3, -0.25) is 0 Å². The first kappa shape index (κ1) is 70.2. The third-order valence-electron chi connectivity index (χ3n) is 15.1. The van der Waals surface area contributed by atoms with Gasteiger partial charge in [-0.1, -0.05) is 290 Å². The molecule has 0 aliphatic heterocycles. The van der Waals surface area contributed by atoms with Gasteiger partial charge in [0.1, 0.15) is 11.5 Å². The molecule has 0 amide bonds. The van der Waals surface area contributed by atoms with Crippen molar-refractivity contribution in [2.75, 3.05) is 13.2 Å². The fourth-order valence-electron chi connectivity index (χ4n) is 10.2. The second-order valence-electron chi connectivity index (χ2n) is 27.0. The molecule has 0 aliphatic rings. The number of carbonyl (C=O) groups is 3. The summed E-state index contributed by atoms with van der Waals surface area (Å²) in [5.41, 5.74) is 3.21. The highest BCUT2D eigenvalue weighted by Crippen LogP contribution is 2.44. The van der Waals surface area contributed by atoms with E-state index < -0.39 is 27.8 Å². The summed E-state index contributed by atoms with van der Waals surface area (Å²) >= 11 is 0. The normalized spacial score (nSPS) is 12.5. The van der Waals surface area contributed by atoms with Gasteiger partial charge in [0.05, 0.1) is 13.2 Å². The first-order valence-electron chi connectivity index (χ1n) is 32.0. The second-order valence-corrected chi connectivity index (χ2v) is 27.0. The maximum Gasteiger partial charge on any atom is 0.519 e. The predicted octanol–water partition coefficient (Wildman–Crippen LogP) is 22.1. The lowest BCUT2D eigenvalue weighted by Crippen LogP contribution is -2.26. The molecule has 0 spiro atoms. The summed E-state index contributed by atoms with van der Waals surface area (Å²) in [5.74, 6) is 0.188. The van der Waals surface area contributed by atoms with Crippen molar-refractivity contribution in [3.05, 3.63) is 69.8 Å². The maximum atomic E-state index is 14.3. The van der Waals surface area contributed by atoms with Crippen LogP contribution >= 0.6 is 0 Å². The summed E-state index contributed by atoms with van der Waals surface area (Å²) in [6, 6.07) is 7.97. The molecule has 2 aromatic carbocycles. The minimum Gasteiger partial charge on any atom is -0.463 e. The van der Waals surface area contributed by atoms with Crippen LogP contribution in [0.15, 0.2) is 36.4 Å². The zero-order valence-electron chi connectivity index (χ0n) is 53.0. The predicted molar refractivity (Wildman–Crippen MR) is 333 cm³/mol. The van der Waals surface area contributed by atoms with E-state index in [9.17, 15) is 14.4 Å². The standard InChI is InChI=1S/C71H118O7/c1-15-17-19-21-23-25-27-29-31-33-35-37-39-41-43-45-51-75-63(72)49-47-57-53-59(68(3,4)5)65(60(54-57)69(6,7)8)77-67(74)78-66-61(70(9,10)11)55-58(56-62(66)71(12,13)14)48-50-64(73)76-52-46-44-42-40-38-36-34-32-30-28-26-24-22-20-18-16-2/h47-50,53-56H,15-46,51-52H2,1-14H3. The summed E-state index contributed by atoms with van der Waals surface area (Å²) < 4.78 is 24.0. The van der Waals surface area contributed by atoms with Gasteiger partial charge >= 0.3 is 18.1 Å². The zero-order valence-corrected chi connectivity index (χ0v) is 53.0. The average molecular weight is 1080 g/mol. The fraction of sp³-hybridized carbons (Fsp3) is 0.732. The molecule has 0 N–H and O–H groups in total. The van der Waals surface area contributed by atoms with E-state index in [2.05, 4.69) is 96.9 Å². The SMILES string of the molecule is CCCCCCCCCCCCCCCCCCOC(=O)C=Cc1cc(C(C)(C)C)c(OC(=O)Oc2c(C(C)(C)C)cc(C=CC(=O)OCCCCCCCCCCCCCCCCCC)cc2C(C)(C)C)c(C(C)(C)C)c1. The molecular formula is C71H118O7. The van der Waals surface area contributed by atoms with Gasteiger partial charge < -0.3 is 18.9 Å². The fourth-order valence-corrected chi connectivity index (χ4v) is 10.2. The van der Waals surface area contributed by atoms with Crippen molar-refractivity contribution in [2.24, 2.45) is 0 Å². The number of unbranched alkanes of at least 4 members (excludes halogenated alkanes) is 30. The third kappa shape index (κ3) is 31.2. The number of carbonyl (C=O) groups excluding carboxylic acids is 3. The van der Waals surface area contributed by atoms with Crippen LogP contribution in [0.5, 0.6) is 11.5 Å². The topological polar surface area (TPSA) is 88.1 Å². The van der Waals surface area contributed by atoms with E-state index in [0.29, 0.717) is 24.7 Å². The van der Waals surface area contributed by atoms with E-state index in [1.54, 1.807) is 12.2 Å². The molecule has 2 aromatic rings. The lowest BCUT2D eigenvalue weighted by molar-refractivity contribution is -0.138. The van der Waals surface area contributed by atoms with Crippen LogP contribution in [0.1, 0.15) is 336 Å². The summed E-state index contributed by atoms with van der Waals surface area (Å²) in [7, 11) is 0. The molecule has 7 nitrogen and oxygen atoms in total. The van der Waals surface area contributed by atoms with Gasteiger partial charge in [0, 0.05) is 34.4 Å². The molecule has 444 valence electrons. The highest BCUT2D eigenvalue weighted by Gasteiger charge is 2.33. The van der Waals surface area contributed by atoms with Crippen molar-refractivity contribution in [1.29, 1.82) is 0 Å². The van der Waals surface area contributed by atoms with Crippen LogP contribution in [-0.2, 0) is 40.7 Å². The number of benzene rings is 2. The van der Waals surface area contributed by atoms with E-state index in [1.165, 1.54) is 192 Å². The molecule has 0 unspecified atom stereocenters. The van der Waals surface area contributed by atoms with Crippen LogP contribution in [-0.4, -0.2) is 31.3 Å². The highest BCUT2D eigenvalue weighted by atomic mass is 16.7. The minimum absolute atomic E-state index is 0.360. The Labute approximate surface area is 480 Å². The summed E-state index contributed by atoms with van der Waals surface area (Å²) in [5, 5.41) is 0. The van der Waals surface area contributed by atoms with E-state index in [4.69, 9.17) is 18.9 Å². The molecule has 2 rings (SSSR count). The molecule has 0 aliphatic carbocycles. The molecule has 0 radical (unpaired) electrons. The molecule has 7 heteroatoms. The third-order valence-corrected chi connectivity index (χ3v) is 15.1. The van der Waals surface area contributed by atoms with Gasteiger partial charge in [0.15, 0.2) is 0 Å². The van der Waals surface area contributed by atoms with Crippen molar-refractivity contribution in [3.8, 4) is 11.5 Å². The van der Waals surface area contributed by atoms with Crippen LogP contribution in [0.25, 0.3) is 12.2 Å². The quantitative estimate of drug-likeness (QED) is 0.0284. The molecule has 0 heterocycles. The van der Waals surface area contributed by atoms with Gasteiger partial charge in [-0.2, -0.15) is 0 Å². The van der Waals surface area contributed by atoms with Crippen LogP contribution in [0.2, 0.25) is 0 Å². The monoisotopic (exact) mass is 1080 g/mol. The smallest absolute Gasteiger partial charge is 0.463 e. The highest BCUT2D eigenvalue weighted by molar-refractivity contribution is 5.88. The number of esters is 2. The van der Waals surface area contributed by atoms with Crippen LogP contribution in [0.4, 0.5) is 4.79 Å². The molecule has 0 bridgehead atoms.